The number of imidazole rings is 1. The summed E-state index contributed by atoms with van der Waals surface area (Å²) in [5.41, 5.74) is 7.30. The van der Waals surface area contributed by atoms with Crippen LogP contribution in [0.4, 0.5) is 23.4 Å². The van der Waals surface area contributed by atoms with E-state index in [0.29, 0.717) is 22.2 Å². The van der Waals surface area contributed by atoms with Crippen LogP contribution >= 0.6 is 0 Å². The van der Waals surface area contributed by atoms with E-state index >= 15 is 4.39 Å². The lowest BCUT2D eigenvalue weighted by Gasteiger charge is -2.41. The molecule has 3 atom stereocenters. The van der Waals surface area contributed by atoms with Crippen molar-refractivity contribution in [2.75, 3.05) is 12.3 Å². The third-order valence-corrected chi connectivity index (χ3v) is 6.72. The van der Waals surface area contributed by atoms with Gasteiger partial charge in [0.15, 0.2) is 0 Å². The van der Waals surface area contributed by atoms with Gasteiger partial charge in [0, 0.05) is 19.0 Å². The lowest BCUT2D eigenvalue weighted by Crippen LogP contribution is -2.50. The number of nitrogens with zero attached hydrogens (tertiary/aromatic N) is 4. The highest BCUT2D eigenvalue weighted by atomic mass is 19.4. The predicted molar refractivity (Wildman–Crippen MR) is 118 cm³/mol. The Labute approximate surface area is 196 Å². The number of amides is 1. The third-order valence-electron chi connectivity index (χ3n) is 6.72. The maximum absolute atomic E-state index is 15.2. The largest absolute Gasteiger partial charge is 0.416 e. The second-order valence-electron chi connectivity index (χ2n) is 8.97. The van der Waals surface area contributed by atoms with Crippen molar-refractivity contribution in [3.05, 3.63) is 70.9 Å². The molecule has 11 heteroatoms. The molecule has 7 nitrogen and oxygen atoms in total. The molecule has 1 saturated heterocycles. The standard InChI is InChI=1S/C24H19F4N5O2/c1-11-9-32(21-14-3-2-13(24(26,27)28)4-12(14)5-20(21)35-11)23(34)15-6-18-17(7-16(15)25)31-22(29)19-8-30-10-33(18)19/h2-4,6-8,10-11,20-21H,5,9H2,1H3,(H2,29,31)/t11-,20+,21-/m1/s1. The summed E-state index contributed by atoms with van der Waals surface area (Å²) in [6, 6.07) is 5.44. The Bertz CT molecular complexity index is 1520. The van der Waals surface area contributed by atoms with Gasteiger partial charge in [-0.25, -0.2) is 14.4 Å². The summed E-state index contributed by atoms with van der Waals surface area (Å²) in [6.45, 7) is 1.94. The Morgan fingerprint density at radius 3 is 2.77 bits per heavy atom. The van der Waals surface area contributed by atoms with E-state index in [4.69, 9.17) is 10.5 Å². The van der Waals surface area contributed by atoms with Gasteiger partial charge >= 0.3 is 6.18 Å². The van der Waals surface area contributed by atoms with Crippen LogP contribution in [0.15, 0.2) is 42.9 Å². The van der Waals surface area contributed by atoms with Crippen molar-refractivity contribution in [3.63, 3.8) is 0 Å². The number of benzene rings is 2. The quantitative estimate of drug-likeness (QED) is 0.410. The number of hydrogen-bond donors (Lipinski definition) is 1. The molecule has 2 aromatic heterocycles. The van der Waals surface area contributed by atoms with Gasteiger partial charge in [-0.05, 0) is 36.2 Å². The van der Waals surface area contributed by atoms with Crippen molar-refractivity contribution in [1.29, 1.82) is 0 Å². The van der Waals surface area contributed by atoms with E-state index < -0.39 is 35.6 Å². The minimum Gasteiger partial charge on any atom is -0.382 e. The van der Waals surface area contributed by atoms with Gasteiger partial charge in [-0.15, -0.1) is 0 Å². The highest BCUT2D eigenvalue weighted by Crippen LogP contribution is 2.44. The molecule has 0 saturated carbocycles. The van der Waals surface area contributed by atoms with E-state index in [-0.39, 0.29) is 36.0 Å². The van der Waals surface area contributed by atoms with Gasteiger partial charge in [0.25, 0.3) is 5.91 Å². The molecule has 35 heavy (non-hydrogen) atoms. The number of morpholine rings is 1. The summed E-state index contributed by atoms with van der Waals surface area (Å²) in [7, 11) is 0. The number of aromatic nitrogens is 3. The number of nitrogen functional groups attached to an aromatic ring is 1. The minimum atomic E-state index is -4.48. The number of carbonyl (C=O) groups is 1. The molecule has 2 aliphatic rings. The molecule has 2 N–H and O–H groups in total. The van der Waals surface area contributed by atoms with Crippen molar-refractivity contribution in [3.8, 4) is 0 Å². The van der Waals surface area contributed by atoms with E-state index in [1.54, 1.807) is 11.3 Å². The van der Waals surface area contributed by atoms with Crippen LogP contribution in [0.3, 0.4) is 0 Å². The summed E-state index contributed by atoms with van der Waals surface area (Å²) >= 11 is 0. The zero-order valence-electron chi connectivity index (χ0n) is 18.4. The van der Waals surface area contributed by atoms with Crippen LogP contribution in [0.25, 0.3) is 16.6 Å². The van der Waals surface area contributed by atoms with Gasteiger partial charge in [-0.1, -0.05) is 6.07 Å². The van der Waals surface area contributed by atoms with Crippen molar-refractivity contribution < 1.29 is 27.1 Å². The first kappa shape index (κ1) is 21.8. The summed E-state index contributed by atoms with van der Waals surface area (Å²) in [5.74, 6) is -1.17. The Morgan fingerprint density at radius 1 is 1.20 bits per heavy atom. The molecule has 180 valence electrons. The van der Waals surface area contributed by atoms with Gasteiger partial charge in [-0.2, -0.15) is 13.2 Å². The Balaban J connectivity index is 1.44. The predicted octanol–water partition coefficient (Wildman–Crippen LogP) is 4.15. The first-order valence-electron chi connectivity index (χ1n) is 11.0. The Morgan fingerprint density at radius 2 is 2.00 bits per heavy atom. The van der Waals surface area contributed by atoms with Crippen LogP contribution in [0.5, 0.6) is 0 Å². The molecule has 0 radical (unpaired) electrons. The Hall–Kier alpha value is -3.73. The minimum absolute atomic E-state index is 0.165. The molecule has 0 bridgehead atoms. The highest BCUT2D eigenvalue weighted by Gasteiger charge is 2.45. The van der Waals surface area contributed by atoms with Gasteiger partial charge in [0.2, 0.25) is 0 Å². The Kier molecular flexibility index (Phi) is 4.59. The fourth-order valence-corrected chi connectivity index (χ4v) is 5.22. The van der Waals surface area contributed by atoms with Crippen LogP contribution in [-0.2, 0) is 17.3 Å². The van der Waals surface area contributed by atoms with E-state index in [0.717, 1.165) is 18.2 Å². The maximum atomic E-state index is 15.2. The number of halogens is 4. The monoisotopic (exact) mass is 485 g/mol. The number of ether oxygens (including phenoxy) is 1. The molecule has 4 aromatic rings. The maximum Gasteiger partial charge on any atom is 0.416 e. The number of alkyl halides is 3. The fourth-order valence-electron chi connectivity index (χ4n) is 5.22. The zero-order valence-corrected chi connectivity index (χ0v) is 18.4. The number of hydrogen-bond acceptors (Lipinski definition) is 5. The molecule has 1 fully saturated rings. The molecule has 6 rings (SSSR count). The summed E-state index contributed by atoms with van der Waals surface area (Å²) in [6.07, 6.45) is -2.12. The van der Waals surface area contributed by atoms with Crippen molar-refractivity contribution >= 4 is 28.3 Å². The third kappa shape index (κ3) is 3.33. The van der Waals surface area contributed by atoms with Crippen molar-refractivity contribution in [2.24, 2.45) is 0 Å². The number of anilines is 1. The van der Waals surface area contributed by atoms with Crippen LogP contribution in [-0.4, -0.2) is 43.9 Å². The van der Waals surface area contributed by atoms with Gasteiger partial charge < -0.3 is 15.4 Å². The average Bonchev–Trinajstić information content (AvgIpc) is 3.42. The molecule has 0 unspecified atom stereocenters. The molecule has 1 aliphatic heterocycles. The number of nitrogens with two attached hydrogens (primary N) is 1. The summed E-state index contributed by atoms with van der Waals surface area (Å²) < 4.78 is 62.5. The second-order valence-corrected chi connectivity index (χ2v) is 8.97. The van der Waals surface area contributed by atoms with E-state index in [9.17, 15) is 18.0 Å². The average molecular weight is 485 g/mol. The SMILES string of the molecule is C[C@@H]1CN(C(=O)c2cc3c(cc2F)nc(N)c2cncn23)[C@@H]2c3ccc(C(F)(F)F)cc3C[C@@H]2O1. The van der Waals surface area contributed by atoms with Gasteiger partial charge in [-0.3, -0.25) is 9.20 Å². The molecule has 3 heterocycles. The molecule has 2 aromatic carbocycles. The van der Waals surface area contributed by atoms with E-state index in [1.165, 1.54) is 29.6 Å². The number of fused-ring (bicyclic) bond motifs is 6. The smallest absolute Gasteiger partial charge is 0.382 e. The number of rotatable bonds is 1. The number of carbonyl (C=O) groups excluding carboxylic acids is 1. The van der Waals surface area contributed by atoms with Crippen molar-refractivity contribution in [2.45, 2.75) is 37.8 Å². The molecule has 1 aliphatic carbocycles. The van der Waals surface area contributed by atoms with Crippen LogP contribution in [0.1, 0.15) is 40.0 Å². The first-order valence-corrected chi connectivity index (χ1v) is 11.0. The fraction of sp³-hybridized carbons (Fsp3) is 0.292. The molecular weight excluding hydrogens is 466 g/mol. The van der Waals surface area contributed by atoms with Gasteiger partial charge in [0.05, 0.1) is 52.9 Å². The van der Waals surface area contributed by atoms with Gasteiger partial charge in [0.1, 0.15) is 17.2 Å². The normalized spacial score (nSPS) is 22.0. The lowest BCUT2D eigenvalue weighted by molar-refractivity contribution is -0.137. The molecular formula is C24H19F4N5O2. The van der Waals surface area contributed by atoms with Crippen molar-refractivity contribution in [1.82, 2.24) is 19.3 Å². The molecule has 1 amide bonds. The summed E-state index contributed by atoms with van der Waals surface area (Å²) in [4.78, 5) is 23.5. The van der Waals surface area contributed by atoms with E-state index in [2.05, 4.69) is 9.97 Å². The topological polar surface area (TPSA) is 85.8 Å². The zero-order chi connectivity index (χ0) is 24.6. The van der Waals surface area contributed by atoms with Crippen LogP contribution in [0, 0.1) is 5.82 Å². The lowest BCUT2D eigenvalue weighted by atomic mass is 10.0. The van der Waals surface area contributed by atoms with Crippen LogP contribution in [0.2, 0.25) is 0 Å². The second kappa shape index (κ2) is 7.38. The van der Waals surface area contributed by atoms with E-state index in [1.807, 2.05) is 0 Å². The molecule has 0 spiro atoms. The first-order chi connectivity index (χ1) is 16.6. The van der Waals surface area contributed by atoms with Crippen LogP contribution < -0.4 is 5.73 Å². The summed E-state index contributed by atoms with van der Waals surface area (Å²) in [5, 5.41) is 0. The highest BCUT2D eigenvalue weighted by molar-refractivity contribution is 5.99.